The van der Waals surface area contributed by atoms with Crippen LogP contribution in [0, 0.1) is 12.3 Å². The minimum absolute atomic E-state index is 0.437. The quantitative estimate of drug-likeness (QED) is 0.787. The van der Waals surface area contributed by atoms with Gasteiger partial charge < -0.3 is 4.57 Å². The van der Waals surface area contributed by atoms with Gasteiger partial charge in [0, 0.05) is 25.9 Å². The zero-order valence-electron chi connectivity index (χ0n) is 13.3. The summed E-state index contributed by atoms with van der Waals surface area (Å²) in [4.78, 5) is 4.83. The molecule has 0 bridgehead atoms. The molecule has 2 heterocycles. The first-order chi connectivity index (χ1) is 10.1. The zero-order chi connectivity index (χ0) is 15.0. The Morgan fingerprint density at radius 2 is 2.00 bits per heavy atom. The molecule has 0 spiro atoms. The Balaban J connectivity index is 2.08. The highest BCUT2D eigenvalue weighted by Gasteiger charge is 2.34. The highest BCUT2D eigenvalue weighted by atomic mass is 35.5. The first kappa shape index (κ1) is 14.9. The number of hydrogen-bond donors (Lipinski definition) is 0. The summed E-state index contributed by atoms with van der Waals surface area (Å²) in [6.45, 7) is 5.43. The molecular weight excluding hydrogens is 284 g/mol. The van der Waals surface area contributed by atoms with E-state index in [1.54, 1.807) is 0 Å². The predicted molar refractivity (Wildman–Crippen MR) is 86.9 cm³/mol. The van der Waals surface area contributed by atoms with E-state index in [2.05, 4.69) is 16.6 Å². The van der Waals surface area contributed by atoms with Crippen LogP contribution >= 0.6 is 11.6 Å². The van der Waals surface area contributed by atoms with Gasteiger partial charge in [-0.25, -0.2) is 4.98 Å². The summed E-state index contributed by atoms with van der Waals surface area (Å²) in [5.74, 6) is 1.74. The molecule has 1 saturated carbocycles. The Morgan fingerprint density at radius 3 is 2.62 bits per heavy atom. The molecule has 2 aromatic heterocycles. The first-order valence-electron chi connectivity index (χ1n) is 8.05. The van der Waals surface area contributed by atoms with Crippen LogP contribution in [0.25, 0.3) is 11.2 Å². The largest absolute Gasteiger partial charge is 0.312 e. The van der Waals surface area contributed by atoms with Crippen LogP contribution in [0.3, 0.4) is 0 Å². The standard InChI is InChI=1S/C16H25ClN4/c1-4-16(8-5-6-9-16)11-21-13(7-10-17)18-14-12(2)19-20(3)15(14)21/h4-11H2,1-3H3. The molecule has 3 rings (SSSR count). The third kappa shape index (κ3) is 2.48. The summed E-state index contributed by atoms with van der Waals surface area (Å²) < 4.78 is 4.38. The molecule has 0 aliphatic heterocycles. The van der Waals surface area contributed by atoms with Gasteiger partial charge in [0.2, 0.25) is 0 Å². The van der Waals surface area contributed by atoms with Crippen molar-refractivity contribution in [1.82, 2.24) is 19.3 Å². The maximum absolute atomic E-state index is 5.99. The van der Waals surface area contributed by atoms with Gasteiger partial charge in [-0.3, -0.25) is 4.68 Å². The van der Waals surface area contributed by atoms with Crippen LogP contribution < -0.4 is 0 Å². The number of imidazole rings is 1. The lowest BCUT2D eigenvalue weighted by atomic mass is 9.83. The molecule has 0 saturated heterocycles. The van der Waals surface area contributed by atoms with Gasteiger partial charge in [0.1, 0.15) is 11.3 Å². The van der Waals surface area contributed by atoms with Crippen LogP contribution in [-0.4, -0.2) is 25.2 Å². The molecule has 1 fully saturated rings. The SMILES string of the molecule is CCC1(Cn2c(CCCl)nc3c(C)nn(C)c32)CCCC1. The third-order valence-corrected chi connectivity index (χ3v) is 5.38. The number of fused-ring (bicyclic) bond motifs is 1. The lowest BCUT2D eigenvalue weighted by Crippen LogP contribution is -2.24. The van der Waals surface area contributed by atoms with Crippen molar-refractivity contribution in [2.45, 2.75) is 58.9 Å². The van der Waals surface area contributed by atoms with E-state index in [1.807, 2.05) is 18.7 Å². The number of hydrogen-bond acceptors (Lipinski definition) is 2. The predicted octanol–water partition coefficient (Wildman–Crippen LogP) is 3.83. The number of halogens is 1. The molecule has 1 aliphatic rings. The van der Waals surface area contributed by atoms with E-state index in [9.17, 15) is 0 Å². The number of rotatable bonds is 5. The fourth-order valence-corrected chi connectivity index (χ4v) is 4.07. The van der Waals surface area contributed by atoms with Crippen LogP contribution in [0.15, 0.2) is 0 Å². The Hall–Kier alpha value is -1.03. The molecule has 116 valence electrons. The van der Waals surface area contributed by atoms with Crippen LogP contribution in [0.2, 0.25) is 0 Å². The summed E-state index contributed by atoms with van der Waals surface area (Å²) in [6.07, 6.45) is 7.46. The molecule has 0 atom stereocenters. The minimum atomic E-state index is 0.437. The fraction of sp³-hybridized carbons (Fsp3) is 0.750. The number of aryl methyl sites for hydroxylation is 3. The summed E-state index contributed by atoms with van der Waals surface area (Å²) in [7, 11) is 2.02. The lowest BCUT2D eigenvalue weighted by molar-refractivity contribution is 0.236. The van der Waals surface area contributed by atoms with Crippen molar-refractivity contribution in [3.05, 3.63) is 11.5 Å². The van der Waals surface area contributed by atoms with Crippen LogP contribution in [0.4, 0.5) is 0 Å². The average Bonchev–Trinajstić information content (AvgIpc) is 3.12. The maximum atomic E-state index is 5.99. The average molecular weight is 309 g/mol. The van der Waals surface area contributed by atoms with Gasteiger partial charge in [-0.1, -0.05) is 19.8 Å². The summed E-state index contributed by atoms with van der Waals surface area (Å²) in [5.41, 5.74) is 3.65. The number of aromatic nitrogens is 4. The summed E-state index contributed by atoms with van der Waals surface area (Å²) in [5, 5.41) is 4.54. The van der Waals surface area contributed by atoms with Gasteiger partial charge in [0.25, 0.3) is 0 Å². The number of nitrogens with zero attached hydrogens (tertiary/aromatic N) is 4. The minimum Gasteiger partial charge on any atom is -0.312 e. The highest BCUT2D eigenvalue weighted by molar-refractivity contribution is 6.17. The van der Waals surface area contributed by atoms with E-state index >= 15 is 0 Å². The smallest absolute Gasteiger partial charge is 0.158 e. The molecule has 5 heteroatoms. The van der Waals surface area contributed by atoms with Crippen molar-refractivity contribution in [1.29, 1.82) is 0 Å². The van der Waals surface area contributed by atoms with E-state index in [0.29, 0.717) is 11.3 Å². The van der Waals surface area contributed by atoms with Gasteiger partial charge in [0.15, 0.2) is 5.65 Å². The summed E-state index contributed by atoms with van der Waals surface area (Å²) >= 11 is 5.99. The molecule has 21 heavy (non-hydrogen) atoms. The molecule has 0 N–H and O–H groups in total. The van der Waals surface area contributed by atoms with Crippen molar-refractivity contribution < 1.29 is 0 Å². The maximum Gasteiger partial charge on any atom is 0.158 e. The van der Waals surface area contributed by atoms with Crippen molar-refractivity contribution >= 4 is 22.8 Å². The second kappa shape index (κ2) is 5.64. The van der Waals surface area contributed by atoms with Crippen LogP contribution in [0.1, 0.15) is 50.5 Å². The highest BCUT2D eigenvalue weighted by Crippen LogP contribution is 2.43. The molecule has 0 radical (unpaired) electrons. The monoisotopic (exact) mass is 308 g/mol. The summed E-state index contributed by atoms with van der Waals surface area (Å²) in [6, 6.07) is 0. The second-order valence-electron chi connectivity index (χ2n) is 6.50. The molecule has 0 aromatic carbocycles. The van der Waals surface area contributed by atoms with E-state index in [0.717, 1.165) is 35.6 Å². The molecule has 0 amide bonds. The van der Waals surface area contributed by atoms with Gasteiger partial charge in [-0.15, -0.1) is 11.6 Å². The lowest BCUT2D eigenvalue weighted by Gasteiger charge is -2.29. The van der Waals surface area contributed by atoms with Gasteiger partial charge in [-0.05, 0) is 31.6 Å². The van der Waals surface area contributed by atoms with Gasteiger partial charge in [0.05, 0.1) is 5.69 Å². The van der Waals surface area contributed by atoms with E-state index in [4.69, 9.17) is 16.6 Å². The Labute approximate surface area is 131 Å². The molecule has 4 nitrogen and oxygen atoms in total. The first-order valence-corrected chi connectivity index (χ1v) is 8.58. The normalized spacial score (nSPS) is 17.9. The third-order valence-electron chi connectivity index (χ3n) is 5.19. The molecular formula is C16H25ClN4. The Morgan fingerprint density at radius 1 is 1.29 bits per heavy atom. The topological polar surface area (TPSA) is 35.6 Å². The fourth-order valence-electron chi connectivity index (χ4n) is 3.91. The van der Waals surface area contributed by atoms with E-state index in [-0.39, 0.29) is 0 Å². The molecule has 2 aromatic rings. The van der Waals surface area contributed by atoms with E-state index < -0.39 is 0 Å². The van der Waals surface area contributed by atoms with E-state index in [1.165, 1.54) is 32.1 Å². The van der Waals surface area contributed by atoms with Crippen molar-refractivity contribution in [3.8, 4) is 0 Å². The van der Waals surface area contributed by atoms with Crippen LogP contribution in [0.5, 0.6) is 0 Å². The number of alkyl halides is 1. The van der Waals surface area contributed by atoms with Gasteiger partial charge in [-0.2, -0.15) is 5.10 Å². The van der Waals surface area contributed by atoms with Crippen molar-refractivity contribution in [2.75, 3.05) is 5.88 Å². The Kier molecular flexibility index (Phi) is 4.00. The van der Waals surface area contributed by atoms with Crippen molar-refractivity contribution in [3.63, 3.8) is 0 Å². The zero-order valence-corrected chi connectivity index (χ0v) is 14.1. The molecule has 1 aliphatic carbocycles. The second-order valence-corrected chi connectivity index (χ2v) is 6.87. The van der Waals surface area contributed by atoms with Crippen molar-refractivity contribution in [2.24, 2.45) is 12.5 Å². The Bertz CT molecular complexity index is 634. The molecule has 0 unspecified atom stereocenters. The van der Waals surface area contributed by atoms with Gasteiger partial charge >= 0.3 is 0 Å². The van der Waals surface area contributed by atoms with Crippen LogP contribution in [-0.2, 0) is 20.0 Å².